The molecule has 8 nitrogen and oxygen atoms in total. The van der Waals surface area contributed by atoms with Crippen molar-refractivity contribution in [2.75, 3.05) is 6.26 Å². The number of amides is 1. The summed E-state index contributed by atoms with van der Waals surface area (Å²) in [4.78, 5) is 31.0. The second kappa shape index (κ2) is 5.28. The largest absolute Gasteiger partial charge is 0.317 e. The molecule has 0 saturated heterocycles. The van der Waals surface area contributed by atoms with Crippen LogP contribution in [0.4, 0.5) is 0 Å². The van der Waals surface area contributed by atoms with Gasteiger partial charge < -0.3 is 4.98 Å². The van der Waals surface area contributed by atoms with E-state index in [-0.39, 0.29) is 12.0 Å². The van der Waals surface area contributed by atoms with E-state index in [0.717, 1.165) is 28.6 Å². The number of fused-ring (bicyclic) bond motifs is 5. The van der Waals surface area contributed by atoms with Gasteiger partial charge in [0.15, 0.2) is 0 Å². The van der Waals surface area contributed by atoms with Crippen molar-refractivity contribution in [1.29, 1.82) is 0 Å². The van der Waals surface area contributed by atoms with E-state index >= 15 is 0 Å². The van der Waals surface area contributed by atoms with Crippen LogP contribution < -0.4 is 10.3 Å². The maximum Gasteiger partial charge on any atom is 0.292 e. The third-order valence-corrected chi connectivity index (χ3v) is 4.80. The average molecular weight is 358 g/mol. The van der Waals surface area contributed by atoms with Crippen molar-refractivity contribution in [3.8, 4) is 11.3 Å². The van der Waals surface area contributed by atoms with Gasteiger partial charge in [-0.15, -0.1) is 0 Å². The lowest BCUT2D eigenvalue weighted by Crippen LogP contribution is -2.30. The van der Waals surface area contributed by atoms with Crippen molar-refractivity contribution in [3.63, 3.8) is 0 Å². The van der Waals surface area contributed by atoms with Gasteiger partial charge in [-0.1, -0.05) is 18.2 Å². The van der Waals surface area contributed by atoms with Crippen LogP contribution in [0, 0.1) is 0 Å². The van der Waals surface area contributed by atoms with Crippen molar-refractivity contribution < 1.29 is 13.2 Å². The fourth-order valence-corrected chi connectivity index (χ4v) is 3.76. The Kier molecular flexibility index (Phi) is 3.29. The topological polar surface area (TPSA) is 113 Å². The Morgan fingerprint density at radius 3 is 2.96 bits per heavy atom. The van der Waals surface area contributed by atoms with E-state index in [2.05, 4.69) is 9.97 Å². The molecule has 1 aliphatic rings. The summed E-state index contributed by atoms with van der Waals surface area (Å²) in [5, 5.41) is 0. The van der Waals surface area contributed by atoms with E-state index in [1.54, 1.807) is 28.9 Å². The van der Waals surface area contributed by atoms with Crippen LogP contribution in [-0.4, -0.2) is 34.9 Å². The zero-order chi connectivity index (χ0) is 17.8. The fraction of sp³-hybridized carbons (Fsp3) is 0.188. The molecule has 2 aromatic heterocycles. The zero-order valence-corrected chi connectivity index (χ0v) is 14.1. The molecular weight excluding hydrogens is 344 g/mol. The van der Waals surface area contributed by atoms with Crippen LogP contribution in [-0.2, 0) is 27.7 Å². The van der Waals surface area contributed by atoms with Crippen molar-refractivity contribution in [2.45, 2.75) is 12.8 Å². The van der Waals surface area contributed by atoms with Gasteiger partial charge >= 0.3 is 0 Å². The number of hydrogen-bond donors (Lipinski definition) is 2. The number of H-pyrrole nitrogens is 1. The molecule has 25 heavy (non-hydrogen) atoms. The van der Waals surface area contributed by atoms with E-state index in [0.29, 0.717) is 17.8 Å². The first-order chi connectivity index (χ1) is 11.8. The second-order valence-corrected chi connectivity index (χ2v) is 7.74. The van der Waals surface area contributed by atoms with Crippen molar-refractivity contribution in [2.24, 2.45) is 0 Å². The van der Waals surface area contributed by atoms with Gasteiger partial charge in [0, 0.05) is 24.4 Å². The Bertz CT molecular complexity index is 1190. The van der Waals surface area contributed by atoms with E-state index in [1.165, 1.54) is 0 Å². The zero-order valence-electron chi connectivity index (χ0n) is 13.2. The number of nitrogens with zero attached hydrogens (tertiary/aromatic N) is 2. The molecule has 4 rings (SSSR count). The van der Waals surface area contributed by atoms with E-state index < -0.39 is 15.9 Å². The lowest BCUT2D eigenvalue weighted by molar-refractivity contribution is -0.118. The number of hydrogen-bond acceptors (Lipinski definition) is 5. The summed E-state index contributed by atoms with van der Waals surface area (Å²) in [6, 6.07) is 5.45. The molecule has 1 aliphatic carbocycles. The fourth-order valence-electron chi connectivity index (χ4n) is 3.27. The SMILES string of the molecule is CS(=O)(=O)NC(=O)Cc1cccc2c1Cc1c-2[nH]c(=O)c2nccn12. The van der Waals surface area contributed by atoms with Crippen molar-refractivity contribution in [1.82, 2.24) is 19.1 Å². The van der Waals surface area contributed by atoms with Gasteiger partial charge in [-0.2, -0.15) is 0 Å². The van der Waals surface area contributed by atoms with Crippen LogP contribution in [0.5, 0.6) is 0 Å². The summed E-state index contributed by atoms with van der Waals surface area (Å²) >= 11 is 0. The standard InChI is InChI=1S/C16H14N4O4S/c1-25(23,24)19-13(21)7-9-3-2-4-10-11(9)8-12-14(10)18-16(22)15-17-5-6-20(12)15/h2-6H,7-8H2,1H3,(H,18,22)(H,19,21). The molecule has 3 aromatic rings. The monoisotopic (exact) mass is 358 g/mol. The van der Waals surface area contributed by atoms with Crippen molar-refractivity contribution in [3.05, 3.63) is 57.8 Å². The first-order valence-electron chi connectivity index (χ1n) is 7.53. The van der Waals surface area contributed by atoms with Crippen LogP contribution in [0.15, 0.2) is 35.4 Å². The molecule has 0 atom stereocenters. The Balaban J connectivity index is 1.79. The number of rotatable bonds is 3. The van der Waals surface area contributed by atoms with Crippen LogP contribution in [0.2, 0.25) is 0 Å². The molecule has 0 radical (unpaired) electrons. The first-order valence-corrected chi connectivity index (χ1v) is 9.42. The number of carbonyl (C=O) groups is 1. The molecule has 0 bridgehead atoms. The van der Waals surface area contributed by atoms with Crippen LogP contribution >= 0.6 is 0 Å². The van der Waals surface area contributed by atoms with Gasteiger partial charge in [0.25, 0.3) is 5.56 Å². The predicted molar refractivity (Wildman–Crippen MR) is 90.7 cm³/mol. The minimum Gasteiger partial charge on any atom is -0.317 e. The summed E-state index contributed by atoms with van der Waals surface area (Å²) < 4.78 is 26.2. The lowest BCUT2D eigenvalue weighted by atomic mass is 10.00. The summed E-state index contributed by atoms with van der Waals surface area (Å²) in [6.07, 6.45) is 4.70. The molecule has 128 valence electrons. The Labute approximate surface area is 142 Å². The Hall–Kier alpha value is -2.94. The third kappa shape index (κ3) is 2.62. The second-order valence-electron chi connectivity index (χ2n) is 5.99. The summed E-state index contributed by atoms with van der Waals surface area (Å²) in [7, 11) is -3.60. The highest BCUT2D eigenvalue weighted by atomic mass is 32.2. The Morgan fingerprint density at radius 2 is 2.20 bits per heavy atom. The maximum atomic E-state index is 12.2. The smallest absolute Gasteiger partial charge is 0.292 e. The number of benzene rings is 1. The van der Waals surface area contributed by atoms with Gasteiger partial charge in [0.1, 0.15) is 0 Å². The van der Waals surface area contributed by atoms with E-state index in [4.69, 9.17) is 0 Å². The molecule has 1 amide bonds. The molecule has 2 N–H and O–H groups in total. The van der Waals surface area contributed by atoms with Gasteiger partial charge in [-0.3, -0.25) is 18.7 Å². The highest BCUT2D eigenvalue weighted by Gasteiger charge is 2.26. The molecular formula is C16H14N4O4S. The quantitative estimate of drug-likeness (QED) is 0.544. The van der Waals surface area contributed by atoms with Crippen LogP contribution in [0.1, 0.15) is 16.8 Å². The molecule has 0 unspecified atom stereocenters. The van der Waals surface area contributed by atoms with E-state index in [1.807, 2.05) is 10.8 Å². The number of imidazole rings is 1. The normalized spacial score (nSPS) is 12.8. The number of aromatic amines is 1. The van der Waals surface area contributed by atoms with E-state index in [9.17, 15) is 18.0 Å². The number of aromatic nitrogens is 3. The maximum absolute atomic E-state index is 12.2. The number of carbonyl (C=O) groups excluding carboxylic acids is 1. The molecule has 9 heteroatoms. The number of sulfonamides is 1. The van der Waals surface area contributed by atoms with Gasteiger partial charge in [-0.05, 0) is 11.1 Å². The highest BCUT2D eigenvalue weighted by molar-refractivity contribution is 7.89. The van der Waals surface area contributed by atoms with Crippen LogP contribution in [0.3, 0.4) is 0 Å². The minimum absolute atomic E-state index is 0.0540. The summed E-state index contributed by atoms with van der Waals surface area (Å²) in [6.45, 7) is 0. The molecule has 0 fully saturated rings. The third-order valence-electron chi connectivity index (χ3n) is 4.20. The minimum atomic E-state index is -3.60. The van der Waals surface area contributed by atoms with Gasteiger partial charge in [-0.25, -0.2) is 13.4 Å². The molecule has 2 heterocycles. The lowest BCUT2D eigenvalue weighted by Gasteiger charge is -2.08. The van der Waals surface area contributed by atoms with Gasteiger partial charge in [0.2, 0.25) is 21.6 Å². The highest BCUT2D eigenvalue weighted by Crippen LogP contribution is 2.36. The predicted octanol–water partition coefficient (Wildman–Crippen LogP) is 0.212. The first kappa shape index (κ1) is 15.6. The number of nitrogens with one attached hydrogen (secondary N) is 2. The molecule has 0 spiro atoms. The summed E-state index contributed by atoms with van der Waals surface area (Å²) in [5.74, 6) is -0.590. The Morgan fingerprint density at radius 1 is 1.40 bits per heavy atom. The van der Waals surface area contributed by atoms with Gasteiger partial charge in [0.05, 0.1) is 24.1 Å². The van der Waals surface area contributed by atoms with Crippen LogP contribution in [0.25, 0.3) is 16.9 Å². The average Bonchev–Trinajstić information content (AvgIpc) is 3.11. The molecule has 1 aromatic carbocycles. The molecule has 0 aliphatic heterocycles. The summed E-state index contributed by atoms with van der Waals surface area (Å²) in [5.41, 5.74) is 4.10. The molecule has 0 saturated carbocycles. The van der Waals surface area contributed by atoms with Crippen molar-refractivity contribution >= 4 is 21.6 Å².